The van der Waals surface area contributed by atoms with Gasteiger partial charge < -0.3 is 0 Å². The number of hydrogen-bond acceptors (Lipinski definition) is 2. The first-order valence-electron chi connectivity index (χ1n) is 5.03. The summed E-state index contributed by atoms with van der Waals surface area (Å²) in [6.07, 6.45) is 3.04. The lowest BCUT2D eigenvalue weighted by atomic mass is 10.3. The maximum Gasteiger partial charge on any atom is 0.0669 e. The second-order valence-corrected chi connectivity index (χ2v) is 3.31. The van der Waals surface area contributed by atoms with Gasteiger partial charge in [0, 0.05) is 13.0 Å². The van der Waals surface area contributed by atoms with E-state index in [1.165, 1.54) is 11.8 Å². The molecule has 0 radical (unpaired) electrons. The Morgan fingerprint density at radius 1 is 1.07 bits per heavy atom. The summed E-state index contributed by atoms with van der Waals surface area (Å²) in [6, 6.07) is 0. The Bertz CT molecular complexity index is 349. The van der Waals surface area contributed by atoms with Crippen LogP contribution in [0.15, 0.2) is 4.99 Å². The van der Waals surface area contributed by atoms with E-state index in [-0.39, 0.29) is 0 Å². The van der Waals surface area contributed by atoms with E-state index >= 15 is 0 Å². The fourth-order valence-corrected chi connectivity index (χ4v) is 0.937. The molecule has 0 aliphatic rings. The minimum Gasteiger partial charge on any atom is -0.285 e. The van der Waals surface area contributed by atoms with E-state index < -0.39 is 0 Å². The zero-order valence-electron chi connectivity index (χ0n) is 9.26. The number of hydrogen-bond donors (Lipinski definition) is 0. The quantitative estimate of drug-likeness (QED) is 0.401. The third kappa shape index (κ3) is 12.7. The van der Waals surface area contributed by atoms with Gasteiger partial charge >= 0.3 is 0 Å². The largest absolute Gasteiger partial charge is 0.285 e. The van der Waals surface area contributed by atoms with Crippen molar-refractivity contribution in [1.82, 2.24) is 0 Å². The van der Waals surface area contributed by atoms with Crippen molar-refractivity contribution in [2.75, 3.05) is 6.54 Å². The third-order valence-corrected chi connectivity index (χ3v) is 1.72. The smallest absolute Gasteiger partial charge is 0.0669 e. The summed E-state index contributed by atoms with van der Waals surface area (Å²) in [5, 5.41) is 2.81. The Balaban J connectivity index is 3.66. The maximum absolute atomic E-state index is 4.11. The van der Waals surface area contributed by atoms with E-state index in [0.717, 1.165) is 25.8 Å². The molecule has 0 saturated carbocycles. The lowest BCUT2D eigenvalue weighted by Gasteiger charge is -1.80. The minimum absolute atomic E-state index is 0.864. The molecule has 0 bridgehead atoms. The summed E-state index contributed by atoms with van der Waals surface area (Å²) in [4.78, 5) is 4.11. The van der Waals surface area contributed by atoms with Crippen molar-refractivity contribution in [3.63, 3.8) is 0 Å². The lowest BCUT2D eigenvalue weighted by Crippen LogP contribution is -1.72. The molecule has 0 aliphatic carbocycles. The van der Waals surface area contributed by atoms with Gasteiger partial charge in [0.2, 0.25) is 0 Å². The third-order valence-electron chi connectivity index (χ3n) is 1.24. The summed E-state index contributed by atoms with van der Waals surface area (Å²) in [5.41, 5.74) is 1.75. The first-order chi connectivity index (χ1) is 7.41. The highest BCUT2D eigenvalue weighted by atomic mass is 32.2. The van der Waals surface area contributed by atoms with Crippen molar-refractivity contribution >= 4 is 17.3 Å². The maximum atomic E-state index is 4.11. The van der Waals surface area contributed by atoms with Crippen LogP contribution in [0.3, 0.4) is 0 Å². The molecule has 0 fully saturated rings. The highest BCUT2D eigenvalue weighted by Gasteiger charge is 1.72. The van der Waals surface area contributed by atoms with Crippen molar-refractivity contribution in [2.45, 2.75) is 33.1 Å². The van der Waals surface area contributed by atoms with E-state index in [9.17, 15) is 0 Å². The van der Waals surface area contributed by atoms with Crippen molar-refractivity contribution in [3.05, 3.63) is 0 Å². The standard InChI is InChI=1S/C13H15NS/c1-3-5-6-7-8-9-10-12-15-13-14-11-4-2/h13H,3-5,11H2,1-2H3. The van der Waals surface area contributed by atoms with Crippen LogP contribution in [0.2, 0.25) is 0 Å². The summed E-state index contributed by atoms with van der Waals surface area (Å²) in [5.74, 6) is 13.7. The van der Waals surface area contributed by atoms with Crippen molar-refractivity contribution in [3.8, 4) is 34.9 Å². The average molecular weight is 217 g/mol. The van der Waals surface area contributed by atoms with Gasteiger partial charge in [0.05, 0.1) is 5.55 Å². The zero-order valence-corrected chi connectivity index (χ0v) is 10.1. The van der Waals surface area contributed by atoms with E-state index in [4.69, 9.17) is 0 Å². The summed E-state index contributed by atoms with van der Waals surface area (Å²) in [7, 11) is 0. The molecule has 0 aromatic heterocycles. The van der Waals surface area contributed by atoms with Gasteiger partial charge in [-0.1, -0.05) is 19.8 Å². The SMILES string of the molecule is CCCC#CC#CC#CSC=NCCC. The second kappa shape index (κ2) is 12.7. The summed E-state index contributed by atoms with van der Waals surface area (Å²) in [6.45, 7) is 5.05. The molecule has 0 spiro atoms. The van der Waals surface area contributed by atoms with Gasteiger partial charge in [-0.15, -0.1) is 0 Å². The predicted molar refractivity (Wildman–Crippen MR) is 69.5 cm³/mol. The average Bonchev–Trinajstić information content (AvgIpc) is 2.26. The zero-order chi connectivity index (χ0) is 11.2. The van der Waals surface area contributed by atoms with Crippen molar-refractivity contribution < 1.29 is 0 Å². The van der Waals surface area contributed by atoms with Crippen LogP contribution >= 0.6 is 11.8 Å². The fraction of sp³-hybridized carbons (Fsp3) is 0.462. The van der Waals surface area contributed by atoms with Crippen molar-refractivity contribution in [1.29, 1.82) is 0 Å². The highest BCUT2D eigenvalue weighted by molar-refractivity contribution is 8.16. The summed E-state index contributed by atoms with van der Waals surface area (Å²) < 4.78 is 0. The molecule has 0 unspecified atom stereocenters. The summed E-state index contributed by atoms with van der Waals surface area (Å²) >= 11 is 1.36. The molecule has 2 heteroatoms. The number of nitrogens with zero attached hydrogens (tertiary/aromatic N) is 1. The predicted octanol–water partition coefficient (Wildman–Crippen LogP) is 2.93. The van der Waals surface area contributed by atoms with E-state index in [1.54, 1.807) is 5.55 Å². The Morgan fingerprint density at radius 3 is 2.60 bits per heavy atom. The van der Waals surface area contributed by atoms with Crippen LogP contribution in [-0.2, 0) is 0 Å². The van der Waals surface area contributed by atoms with Crippen LogP contribution in [0.1, 0.15) is 33.1 Å². The Labute approximate surface area is 97.1 Å². The van der Waals surface area contributed by atoms with E-state index in [2.05, 4.69) is 53.7 Å². The van der Waals surface area contributed by atoms with Gasteiger partial charge in [0.15, 0.2) is 0 Å². The van der Waals surface area contributed by atoms with Gasteiger partial charge in [-0.2, -0.15) is 0 Å². The minimum atomic E-state index is 0.864. The molecule has 0 aromatic carbocycles. The van der Waals surface area contributed by atoms with E-state index in [1.807, 2.05) is 0 Å². The molecule has 15 heavy (non-hydrogen) atoms. The molecule has 1 nitrogen and oxygen atoms in total. The number of rotatable bonds is 4. The molecule has 78 valence electrons. The molecule has 0 saturated heterocycles. The Kier molecular flexibility index (Phi) is 11.6. The number of aliphatic imine (C=N–C) groups is 1. The number of thioether (sulfide) groups is 1. The van der Waals surface area contributed by atoms with Crippen molar-refractivity contribution in [2.24, 2.45) is 4.99 Å². The van der Waals surface area contributed by atoms with Crippen LogP contribution < -0.4 is 0 Å². The first-order valence-corrected chi connectivity index (χ1v) is 5.91. The number of unbranched alkanes of at least 4 members (excludes halogenated alkanes) is 1. The molecular weight excluding hydrogens is 202 g/mol. The van der Waals surface area contributed by atoms with Crippen LogP contribution in [0.4, 0.5) is 0 Å². The van der Waals surface area contributed by atoms with Gasteiger partial charge in [-0.3, -0.25) is 4.99 Å². The monoisotopic (exact) mass is 217 g/mol. The van der Waals surface area contributed by atoms with Crippen LogP contribution in [0, 0.1) is 34.9 Å². The topological polar surface area (TPSA) is 12.4 Å². The molecule has 0 amide bonds. The fourth-order valence-electron chi connectivity index (χ4n) is 0.595. The van der Waals surface area contributed by atoms with Gasteiger partial charge in [-0.25, -0.2) is 0 Å². The van der Waals surface area contributed by atoms with Gasteiger partial charge in [0.25, 0.3) is 0 Å². The molecule has 0 heterocycles. The normalized spacial score (nSPS) is 8.13. The van der Waals surface area contributed by atoms with Gasteiger partial charge in [0.1, 0.15) is 0 Å². The molecule has 0 atom stereocenters. The molecule has 0 aromatic rings. The molecule has 0 N–H and O–H groups in total. The molecule has 0 aliphatic heterocycles. The lowest BCUT2D eigenvalue weighted by molar-refractivity contribution is 0.939. The second-order valence-electron chi connectivity index (χ2n) is 2.66. The van der Waals surface area contributed by atoms with Crippen LogP contribution in [0.25, 0.3) is 0 Å². The van der Waals surface area contributed by atoms with Gasteiger partial charge in [-0.05, 0) is 53.5 Å². The van der Waals surface area contributed by atoms with Crippen LogP contribution in [-0.4, -0.2) is 12.1 Å². The highest BCUT2D eigenvalue weighted by Crippen LogP contribution is 1.89. The first kappa shape index (κ1) is 13.7. The van der Waals surface area contributed by atoms with E-state index in [0.29, 0.717) is 0 Å². The molecule has 0 rings (SSSR count). The Hall–Kier alpha value is -1.30. The Morgan fingerprint density at radius 2 is 1.87 bits per heavy atom. The van der Waals surface area contributed by atoms with Crippen LogP contribution in [0.5, 0.6) is 0 Å². The molecular formula is C13H15NS.